The Bertz CT molecular complexity index is 1270. The van der Waals surface area contributed by atoms with Crippen LogP contribution in [0.2, 0.25) is 5.02 Å². The van der Waals surface area contributed by atoms with Crippen molar-refractivity contribution in [1.29, 1.82) is 0 Å². The largest absolute Gasteiger partial charge is 0.504 e. The van der Waals surface area contributed by atoms with E-state index in [4.69, 9.17) is 11.6 Å². The average Bonchev–Trinajstić information content (AvgIpc) is 2.71. The van der Waals surface area contributed by atoms with Gasteiger partial charge >= 0.3 is 0 Å². The zero-order chi connectivity index (χ0) is 22.2. The van der Waals surface area contributed by atoms with Crippen LogP contribution in [-0.2, 0) is 10.0 Å². The van der Waals surface area contributed by atoms with Crippen molar-refractivity contribution in [1.82, 2.24) is 9.45 Å². The maximum absolute atomic E-state index is 12.2. The van der Waals surface area contributed by atoms with Gasteiger partial charge in [-0.25, -0.2) is 8.42 Å². The summed E-state index contributed by atoms with van der Waals surface area (Å²) in [7, 11) is -3.65. The van der Waals surface area contributed by atoms with E-state index >= 15 is 0 Å². The Morgan fingerprint density at radius 2 is 1.70 bits per heavy atom. The molecule has 0 bridgehead atoms. The van der Waals surface area contributed by atoms with Crippen molar-refractivity contribution in [3.05, 3.63) is 67.7 Å². The van der Waals surface area contributed by atoms with Gasteiger partial charge in [-0.3, -0.25) is 19.8 Å². The van der Waals surface area contributed by atoms with Crippen LogP contribution in [0.4, 0.5) is 17.1 Å². The Kier molecular flexibility index (Phi) is 5.81. The van der Waals surface area contributed by atoms with Crippen molar-refractivity contribution >= 4 is 38.7 Å². The number of aromatic nitrogens is 1. The van der Waals surface area contributed by atoms with E-state index in [0.717, 1.165) is 18.7 Å². The molecule has 2 aromatic carbocycles. The van der Waals surface area contributed by atoms with Gasteiger partial charge < -0.3 is 15.7 Å². The topological polar surface area (TPSA) is 149 Å². The molecule has 0 aliphatic carbocycles. The maximum atomic E-state index is 12.2. The van der Waals surface area contributed by atoms with Crippen LogP contribution in [0.25, 0.3) is 0 Å². The molecule has 1 atom stereocenters. The fourth-order valence-corrected chi connectivity index (χ4v) is 4.14. The number of sulfonamides is 1. The number of hydrogen-bond donors (Lipinski definition) is 4. The lowest BCUT2D eigenvalue weighted by atomic mass is 10.1. The van der Waals surface area contributed by atoms with E-state index in [2.05, 4.69) is 15.6 Å². The Balaban J connectivity index is 1.97. The van der Waals surface area contributed by atoms with E-state index in [1.807, 2.05) is 0 Å². The number of halogens is 1. The lowest BCUT2D eigenvalue weighted by Crippen LogP contribution is -2.37. The predicted octanol–water partition coefficient (Wildman–Crippen LogP) is 1.96. The van der Waals surface area contributed by atoms with E-state index in [1.54, 1.807) is 31.5 Å². The molecule has 0 spiro atoms. The summed E-state index contributed by atoms with van der Waals surface area (Å²) in [4.78, 5) is 27.3. The molecule has 1 aromatic heterocycles. The molecule has 0 saturated heterocycles. The molecule has 0 fully saturated rings. The minimum Gasteiger partial charge on any atom is -0.504 e. The minimum atomic E-state index is -4.50. The third kappa shape index (κ3) is 3.75. The number of benzene rings is 1. The molecule has 0 radical (unpaired) electrons. The van der Waals surface area contributed by atoms with Gasteiger partial charge in [0.1, 0.15) is 16.3 Å². The number of aromatic hydroxyl groups is 1. The van der Waals surface area contributed by atoms with Gasteiger partial charge in [-0.2, -0.15) is 0 Å². The smallest absolute Gasteiger partial charge is 0.269 e. The molecular weight excluding hydrogens is 436 g/mol. The highest BCUT2D eigenvalue weighted by atomic mass is 35.5. The lowest BCUT2D eigenvalue weighted by molar-refractivity contribution is 0.0308. The van der Waals surface area contributed by atoms with E-state index in [-0.39, 0.29) is 32.6 Å². The zero-order valence-electron chi connectivity index (χ0n) is 15.7. The molecule has 3 aromatic rings. The summed E-state index contributed by atoms with van der Waals surface area (Å²) in [6, 6.07) is 5.54. The van der Waals surface area contributed by atoms with Gasteiger partial charge in [-0.1, -0.05) is 16.1 Å². The summed E-state index contributed by atoms with van der Waals surface area (Å²) >= 11 is 5.88. The second-order valence-corrected chi connectivity index (χ2v) is 8.69. The van der Waals surface area contributed by atoms with Crippen LogP contribution in [0.3, 0.4) is 0 Å². The van der Waals surface area contributed by atoms with E-state index in [0.29, 0.717) is 0 Å². The van der Waals surface area contributed by atoms with Crippen LogP contribution in [0, 0.1) is 0 Å². The summed E-state index contributed by atoms with van der Waals surface area (Å²) in [6.07, 6.45) is 3.17. The van der Waals surface area contributed by atoms with Crippen LogP contribution in [0.5, 0.6) is 5.75 Å². The molecule has 0 amide bonds. The fraction of sp³-hybridized carbons (Fsp3) is 0.167. The third-order valence-corrected chi connectivity index (χ3v) is 6.48. The number of nitrogens with zero attached hydrogens (tertiary/aromatic N) is 2. The first-order valence-corrected chi connectivity index (χ1v) is 10.3. The van der Waals surface area contributed by atoms with Crippen molar-refractivity contribution in [2.45, 2.75) is 17.9 Å². The Hall–Kier alpha value is -2.99. The molecule has 0 aliphatic rings. The first kappa shape index (κ1) is 21.7. The standard InChI is InChI=1S/C18H17ClN4O6S/c1-9(10-5-7-20-8-6-10)21-13-14(17(26)16(13)25)22-12-4-3-11(19)18(15(12)24)30(28,29)23(2)27/h3-9,21-22,24,27H,1-2H3. The Morgan fingerprint density at radius 3 is 2.30 bits per heavy atom. The van der Waals surface area contributed by atoms with Crippen molar-refractivity contribution in [2.75, 3.05) is 17.7 Å². The molecule has 12 heteroatoms. The zero-order valence-corrected chi connectivity index (χ0v) is 17.3. The molecule has 30 heavy (non-hydrogen) atoms. The first-order chi connectivity index (χ1) is 14.1. The molecule has 3 rings (SSSR count). The molecule has 10 nitrogen and oxygen atoms in total. The maximum Gasteiger partial charge on any atom is 0.269 e. The van der Waals surface area contributed by atoms with Crippen molar-refractivity contribution < 1.29 is 18.7 Å². The molecule has 0 saturated carbocycles. The number of phenols is 1. The van der Waals surface area contributed by atoms with Gasteiger partial charge in [0, 0.05) is 25.5 Å². The highest BCUT2D eigenvalue weighted by Gasteiger charge is 2.30. The van der Waals surface area contributed by atoms with Gasteiger partial charge in [0.25, 0.3) is 20.9 Å². The van der Waals surface area contributed by atoms with Gasteiger partial charge in [0.2, 0.25) is 0 Å². The van der Waals surface area contributed by atoms with Crippen LogP contribution in [-0.4, -0.2) is 35.2 Å². The highest BCUT2D eigenvalue weighted by Crippen LogP contribution is 2.39. The third-order valence-electron chi connectivity index (χ3n) is 4.43. The van der Waals surface area contributed by atoms with E-state index in [1.165, 1.54) is 6.07 Å². The lowest BCUT2D eigenvalue weighted by Gasteiger charge is -2.21. The number of rotatable bonds is 7. The van der Waals surface area contributed by atoms with Crippen LogP contribution >= 0.6 is 11.6 Å². The molecule has 158 valence electrons. The van der Waals surface area contributed by atoms with E-state index in [9.17, 15) is 28.3 Å². The highest BCUT2D eigenvalue weighted by molar-refractivity contribution is 7.89. The average molecular weight is 453 g/mol. The van der Waals surface area contributed by atoms with Gasteiger partial charge in [-0.15, -0.1) is 0 Å². The summed E-state index contributed by atoms with van der Waals surface area (Å²) in [6.45, 7) is 1.78. The van der Waals surface area contributed by atoms with Crippen LogP contribution < -0.4 is 21.5 Å². The minimum absolute atomic E-state index is 0.0117. The van der Waals surface area contributed by atoms with Gasteiger partial charge in [0.05, 0.1) is 10.7 Å². The summed E-state index contributed by atoms with van der Waals surface area (Å²) in [5.41, 5.74) is -1.11. The second-order valence-electron chi connectivity index (χ2n) is 6.39. The number of pyridine rings is 1. The molecule has 1 unspecified atom stereocenters. The Morgan fingerprint density at radius 1 is 1.10 bits per heavy atom. The number of hydroxylamine groups is 1. The predicted molar refractivity (Wildman–Crippen MR) is 111 cm³/mol. The molecule has 0 aliphatic heterocycles. The SMILES string of the molecule is CC(Nc1c(Nc2ccc(Cl)c(S(=O)(=O)N(C)O)c2O)c(=O)c1=O)c1ccncc1. The first-order valence-electron chi connectivity index (χ1n) is 8.51. The van der Waals surface area contributed by atoms with E-state index < -0.39 is 31.5 Å². The number of hydrogen-bond acceptors (Lipinski definition) is 9. The monoisotopic (exact) mass is 452 g/mol. The molecular formula is C18H17ClN4O6S. The van der Waals surface area contributed by atoms with Gasteiger partial charge in [-0.05, 0) is 36.8 Å². The van der Waals surface area contributed by atoms with Crippen molar-refractivity contribution in [2.24, 2.45) is 0 Å². The normalized spacial score (nSPS) is 12.8. The molecule has 1 heterocycles. The Labute approximate surface area is 176 Å². The molecule has 4 N–H and O–H groups in total. The van der Waals surface area contributed by atoms with Crippen LogP contribution in [0.15, 0.2) is 51.1 Å². The summed E-state index contributed by atoms with van der Waals surface area (Å²) < 4.78 is 24.4. The van der Waals surface area contributed by atoms with Crippen molar-refractivity contribution in [3.8, 4) is 5.75 Å². The number of nitrogens with one attached hydrogen (secondary N) is 2. The summed E-state index contributed by atoms with van der Waals surface area (Å²) in [5.74, 6) is -0.815. The summed E-state index contributed by atoms with van der Waals surface area (Å²) in [5, 5.41) is 24.9. The van der Waals surface area contributed by atoms with Crippen molar-refractivity contribution in [3.63, 3.8) is 0 Å². The van der Waals surface area contributed by atoms with Gasteiger partial charge in [0.15, 0.2) is 5.75 Å². The van der Waals surface area contributed by atoms with Crippen LogP contribution in [0.1, 0.15) is 18.5 Å². The number of phenolic OH excluding ortho intramolecular Hbond substituents is 1. The fourth-order valence-electron chi connectivity index (χ4n) is 2.76. The second kappa shape index (κ2) is 8.03. The number of anilines is 3. The quantitative estimate of drug-likeness (QED) is 0.239.